The second-order valence-electron chi connectivity index (χ2n) is 3.37. The minimum absolute atomic E-state index is 0.00725. The average molecular weight is 213 g/mol. The summed E-state index contributed by atoms with van der Waals surface area (Å²) in [7, 11) is 0. The third-order valence-electron chi connectivity index (χ3n) is 2.17. The summed E-state index contributed by atoms with van der Waals surface area (Å²) in [6, 6.07) is 1.68. The highest BCUT2D eigenvalue weighted by molar-refractivity contribution is 5.50. The summed E-state index contributed by atoms with van der Waals surface area (Å²) in [6.45, 7) is 0.00725. The molecule has 6 N–H and O–H groups in total. The number of aliphatic hydroxyl groups is 1. The van der Waals surface area contributed by atoms with Crippen LogP contribution in [-0.2, 0) is 0 Å². The predicted molar refractivity (Wildman–Crippen MR) is 54.7 cm³/mol. The fourth-order valence-electron chi connectivity index (χ4n) is 1.44. The van der Waals surface area contributed by atoms with E-state index in [0.717, 1.165) is 12.1 Å². The SMILES string of the molecule is N[C@H](CCCO)c1c(O)cc(O)cc1O. The van der Waals surface area contributed by atoms with Crippen LogP contribution in [0.4, 0.5) is 0 Å². The Bertz CT molecular complexity index is 317. The molecule has 1 aromatic carbocycles. The van der Waals surface area contributed by atoms with E-state index >= 15 is 0 Å². The first kappa shape index (κ1) is 11.6. The lowest BCUT2D eigenvalue weighted by molar-refractivity contribution is 0.278. The van der Waals surface area contributed by atoms with Crippen LogP contribution in [0.3, 0.4) is 0 Å². The van der Waals surface area contributed by atoms with Crippen molar-refractivity contribution in [2.45, 2.75) is 18.9 Å². The number of phenols is 3. The van der Waals surface area contributed by atoms with Crippen LogP contribution in [-0.4, -0.2) is 27.0 Å². The van der Waals surface area contributed by atoms with Crippen LogP contribution in [0, 0.1) is 0 Å². The van der Waals surface area contributed by atoms with Crippen LogP contribution >= 0.6 is 0 Å². The molecule has 0 aliphatic carbocycles. The Kier molecular flexibility index (Phi) is 3.76. The molecule has 0 aliphatic heterocycles. The summed E-state index contributed by atoms with van der Waals surface area (Å²) < 4.78 is 0. The summed E-state index contributed by atoms with van der Waals surface area (Å²) in [6.07, 6.45) is 0.934. The van der Waals surface area contributed by atoms with Crippen molar-refractivity contribution < 1.29 is 20.4 Å². The predicted octanol–water partition coefficient (Wildman–Crippen LogP) is 0.576. The van der Waals surface area contributed by atoms with Crippen LogP contribution < -0.4 is 5.73 Å². The van der Waals surface area contributed by atoms with E-state index in [9.17, 15) is 10.2 Å². The maximum Gasteiger partial charge on any atom is 0.127 e. The molecule has 0 saturated heterocycles. The van der Waals surface area contributed by atoms with Crippen molar-refractivity contribution in [2.24, 2.45) is 5.73 Å². The normalized spacial score (nSPS) is 12.7. The number of hydrogen-bond donors (Lipinski definition) is 5. The molecule has 0 spiro atoms. The van der Waals surface area contributed by atoms with Gasteiger partial charge >= 0.3 is 0 Å². The van der Waals surface area contributed by atoms with Crippen LogP contribution in [0.5, 0.6) is 17.2 Å². The third-order valence-corrected chi connectivity index (χ3v) is 2.17. The molecule has 1 rings (SSSR count). The molecule has 5 nitrogen and oxygen atoms in total. The van der Waals surface area contributed by atoms with Crippen molar-refractivity contribution in [3.63, 3.8) is 0 Å². The maximum absolute atomic E-state index is 9.48. The van der Waals surface area contributed by atoms with Gasteiger partial charge in [0.05, 0.1) is 5.56 Å². The Morgan fingerprint density at radius 1 is 1.13 bits per heavy atom. The molecule has 0 amide bonds. The van der Waals surface area contributed by atoms with Gasteiger partial charge in [-0.15, -0.1) is 0 Å². The standard InChI is InChI=1S/C10H15NO4/c11-7(2-1-3-12)10-8(14)4-6(13)5-9(10)15/h4-5,7,12-15H,1-3,11H2/t7-/m1/s1. The lowest BCUT2D eigenvalue weighted by Crippen LogP contribution is -2.11. The van der Waals surface area contributed by atoms with Crippen LogP contribution in [0.25, 0.3) is 0 Å². The molecular formula is C10H15NO4. The number of nitrogens with two attached hydrogens (primary N) is 1. The molecule has 0 bridgehead atoms. The molecule has 0 aromatic heterocycles. The molecule has 0 unspecified atom stereocenters. The number of benzene rings is 1. The van der Waals surface area contributed by atoms with Crippen LogP contribution in [0.15, 0.2) is 12.1 Å². The smallest absolute Gasteiger partial charge is 0.127 e. The number of rotatable bonds is 4. The van der Waals surface area contributed by atoms with Gasteiger partial charge in [-0.1, -0.05) is 0 Å². The fraction of sp³-hybridized carbons (Fsp3) is 0.400. The third kappa shape index (κ3) is 2.74. The van der Waals surface area contributed by atoms with Crippen molar-refractivity contribution >= 4 is 0 Å². The van der Waals surface area contributed by atoms with E-state index in [1.165, 1.54) is 0 Å². The largest absolute Gasteiger partial charge is 0.508 e. The van der Waals surface area contributed by atoms with E-state index in [1.807, 2.05) is 0 Å². The Labute approximate surface area is 87.4 Å². The zero-order chi connectivity index (χ0) is 11.4. The Morgan fingerprint density at radius 3 is 2.13 bits per heavy atom. The summed E-state index contributed by atoms with van der Waals surface area (Å²) in [4.78, 5) is 0. The van der Waals surface area contributed by atoms with Gasteiger partial charge in [0.2, 0.25) is 0 Å². The average Bonchev–Trinajstić information content (AvgIpc) is 2.12. The van der Waals surface area contributed by atoms with Crippen molar-refractivity contribution in [1.29, 1.82) is 0 Å². The highest BCUT2D eigenvalue weighted by atomic mass is 16.3. The number of aliphatic hydroxyl groups excluding tert-OH is 1. The summed E-state index contributed by atoms with van der Waals surface area (Å²) in [5, 5.41) is 36.7. The monoisotopic (exact) mass is 213 g/mol. The van der Waals surface area contributed by atoms with Gasteiger partial charge < -0.3 is 26.2 Å². The molecule has 0 fully saturated rings. The maximum atomic E-state index is 9.48. The first-order valence-electron chi connectivity index (χ1n) is 4.67. The molecule has 0 radical (unpaired) electrons. The number of phenolic OH excluding ortho intramolecular Hbond substituents is 3. The van der Waals surface area contributed by atoms with E-state index in [0.29, 0.717) is 12.8 Å². The second kappa shape index (κ2) is 4.86. The molecular weight excluding hydrogens is 198 g/mol. The number of aromatic hydroxyl groups is 3. The van der Waals surface area contributed by atoms with Crippen molar-refractivity contribution in [3.8, 4) is 17.2 Å². The summed E-state index contributed by atoms with van der Waals surface area (Å²) in [5.41, 5.74) is 5.92. The first-order valence-corrected chi connectivity index (χ1v) is 4.67. The van der Waals surface area contributed by atoms with Gasteiger partial charge in [-0.2, -0.15) is 0 Å². The van der Waals surface area contributed by atoms with Gasteiger partial charge in [0.25, 0.3) is 0 Å². The Hall–Kier alpha value is -1.46. The molecule has 0 heterocycles. The topological polar surface area (TPSA) is 107 Å². The molecule has 84 valence electrons. The summed E-state index contributed by atoms with van der Waals surface area (Å²) in [5.74, 6) is -0.695. The van der Waals surface area contributed by atoms with Crippen molar-refractivity contribution in [2.75, 3.05) is 6.61 Å². The minimum Gasteiger partial charge on any atom is -0.508 e. The van der Waals surface area contributed by atoms with E-state index in [1.54, 1.807) is 0 Å². The fourth-order valence-corrected chi connectivity index (χ4v) is 1.44. The van der Waals surface area contributed by atoms with E-state index in [-0.39, 0.29) is 29.4 Å². The lowest BCUT2D eigenvalue weighted by Gasteiger charge is -2.14. The molecule has 0 saturated carbocycles. The first-order chi connectivity index (χ1) is 7.06. The van der Waals surface area contributed by atoms with E-state index in [2.05, 4.69) is 0 Å². The van der Waals surface area contributed by atoms with Gasteiger partial charge in [0, 0.05) is 24.8 Å². The second-order valence-corrected chi connectivity index (χ2v) is 3.37. The van der Waals surface area contributed by atoms with Gasteiger partial charge in [0.15, 0.2) is 0 Å². The highest BCUT2D eigenvalue weighted by Crippen LogP contribution is 2.36. The van der Waals surface area contributed by atoms with E-state index in [4.69, 9.17) is 15.9 Å². The van der Waals surface area contributed by atoms with Crippen molar-refractivity contribution in [1.82, 2.24) is 0 Å². The van der Waals surface area contributed by atoms with Crippen LogP contribution in [0.2, 0.25) is 0 Å². The van der Waals surface area contributed by atoms with E-state index < -0.39 is 6.04 Å². The van der Waals surface area contributed by atoms with Gasteiger partial charge in [-0.3, -0.25) is 0 Å². The Balaban J connectivity index is 2.92. The molecule has 1 aromatic rings. The van der Waals surface area contributed by atoms with Gasteiger partial charge in [0.1, 0.15) is 17.2 Å². The van der Waals surface area contributed by atoms with Gasteiger partial charge in [-0.05, 0) is 12.8 Å². The zero-order valence-electron chi connectivity index (χ0n) is 8.22. The molecule has 1 atom stereocenters. The summed E-state index contributed by atoms with van der Waals surface area (Å²) >= 11 is 0. The minimum atomic E-state index is -0.558. The number of hydrogen-bond acceptors (Lipinski definition) is 5. The zero-order valence-corrected chi connectivity index (χ0v) is 8.22. The van der Waals surface area contributed by atoms with Crippen LogP contribution in [0.1, 0.15) is 24.4 Å². The lowest BCUT2D eigenvalue weighted by atomic mass is 10.0. The van der Waals surface area contributed by atoms with Gasteiger partial charge in [-0.25, -0.2) is 0 Å². The Morgan fingerprint density at radius 2 is 1.67 bits per heavy atom. The molecule has 15 heavy (non-hydrogen) atoms. The quantitative estimate of drug-likeness (QED) is 0.503. The highest BCUT2D eigenvalue weighted by Gasteiger charge is 2.16. The van der Waals surface area contributed by atoms with Crippen molar-refractivity contribution in [3.05, 3.63) is 17.7 Å². The molecule has 0 aliphatic rings. The molecule has 5 heteroatoms.